The van der Waals surface area contributed by atoms with E-state index in [9.17, 15) is 9.59 Å². The highest BCUT2D eigenvalue weighted by molar-refractivity contribution is 5.98. The number of ketones is 1. The summed E-state index contributed by atoms with van der Waals surface area (Å²) < 4.78 is 11.3. The fourth-order valence-corrected chi connectivity index (χ4v) is 3.60. The summed E-state index contributed by atoms with van der Waals surface area (Å²) in [5.41, 5.74) is 0.742. The predicted octanol–water partition coefficient (Wildman–Crippen LogP) is 4.37. The van der Waals surface area contributed by atoms with Crippen LogP contribution < -0.4 is 9.47 Å². The number of nitrogens with zero attached hydrogens (tertiary/aromatic N) is 2. The summed E-state index contributed by atoms with van der Waals surface area (Å²) in [6, 6.07) is 21.9. The Morgan fingerprint density at radius 1 is 0.871 bits per heavy atom. The summed E-state index contributed by atoms with van der Waals surface area (Å²) in [7, 11) is 0. The molecule has 0 unspecified atom stereocenters. The molecule has 1 saturated heterocycles. The number of carbonyl (C=O) groups is 2. The standard InChI is InChI=1S/C25H24N2O4/c28-24(27-16-13-20(14-17-27)25(29)19-6-2-1-3-7-19)18-30-21-9-11-22(12-10-21)31-23-8-4-5-15-26-23/h1-12,15,20H,13-14,16-18H2. The highest BCUT2D eigenvalue weighted by atomic mass is 16.5. The third kappa shape index (κ3) is 5.48. The van der Waals surface area contributed by atoms with Gasteiger partial charge in [0.1, 0.15) is 11.5 Å². The van der Waals surface area contributed by atoms with Gasteiger partial charge in [-0.05, 0) is 43.2 Å². The number of aromatic nitrogens is 1. The van der Waals surface area contributed by atoms with Crippen molar-refractivity contribution < 1.29 is 19.1 Å². The second-order valence-corrected chi connectivity index (χ2v) is 7.42. The number of likely N-dealkylation sites (tertiary alicyclic amines) is 1. The van der Waals surface area contributed by atoms with Gasteiger partial charge in [0, 0.05) is 36.8 Å². The number of Topliss-reactive ketones (excluding diaryl/α,β-unsaturated/α-hetero) is 1. The van der Waals surface area contributed by atoms with E-state index < -0.39 is 0 Å². The molecule has 0 spiro atoms. The Morgan fingerprint density at radius 3 is 2.23 bits per heavy atom. The molecule has 0 N–H and O–H groups in total. The van der Waals surface area contributed by atoms with Crippen molar-refractivity contribution >= 4 is 11.7 Å². The molecule has 31 heavy (non-hydrogen) atoms. The zero-order valence-corrected chi connectivity index (χ0v) is 17.1. The quantitative estimate of drug-likeness (QED) is 0.535. The minimum atomic E-state index is -0.0700. The molecule has 0 radical (unpaired) electrons. The van der Waals surface area contributed by atoms with E-state index in [0.29, 0.717) is 43.3 Å². The fraction of sp³-hybridized carbons (Fsp3) is 0.240. The molecule has 4 rings (SSSR count). The summed E-state index contributed by atoms with van der Waals surface area (Å²) in [6.07, 6.45) is 3.02. The van der Waals surface area contributed by atoms with Crippen molar-refractivity contribution in [3.05, 3.63) is 84.6 Å². The minimum absolute atomic E-state index is 0.0287. The van der Waals surface area contributed by atoms with Crippen molar-refractivity contribution in [2.24, 2.45) is 5.92 Å². The maximum atomic E-state index is 12.6. The molecular formula is C25H24N2O4. The molecule has 1 aromatic heterocycles. The van der Waals surface area contributed by atoms with E-state index >= 15 is 0 Å². The van der Waals surface area contributed by atoms with Crippen LogP contribution in [0.4, 0.5) is 0 Å². The van der Waals surface area contributed by atoms with Crippen LogP contribution in [0, 0.1) is 5.92 Å². The molecule has 2 heterocycles. The van der Waals surface area contributed by atoms with Gasteiger partial charge in [-0.2, -0.15) is 0 Å². The Hall–Kier alpha value is -3.67. The Morgan fingerprint density at radius 2 is 1.55 bits per heavy atom. The summed E-state index contributed by atoms with van der Waals surface area (Å²) in [5.74, 6) is 1.81. The Bertz CT molecular complexity index is 999. The van der Waals surface area contributed by atoms with Crippen LogP contribution in [-0.4, -0.2) is 41.3 Å². The molecular weight excluding hydrogens is 392 g/mol. The largest absolute Gasteiger partial charge is 0.484 e. The van der Waals surface area contributed by atoms with E-state index in [1.54, 1.807) is 41.4 Å². The van der Waals surface area contributed by atoms with E-state index in [0.717, 1.165) is 5.56 Å². The van der Waals surface area contributed by atoms with Gasteiger partial charge in [-0.25, -0.2) is 4.98 Å². The minimum Gasteiger partial charge on any atom is -0.484 e. The van der Waals surface area contributed by atoms with Crippen LogP contribution in [0.15, 0.2) is 79.0 Å². The van der Waals surface area contributed by atoms with E-state index in [-0.39, 0.29) is 24.2 Å². The van der Waals surface area contributed by atoms with Crippen molar-refractivity contribution in [1.82, 2.24) is 9.88 Å². The Balaban J connectivity index is 1.23. The van der Waals surface area contributed by atoms with Gasteiger partial charge in [-0.15, -0.1) is 0 Å². The molecule has 6 nitrogen and oxygen atoms in total. The smallest absolute Gasteiger partial charge is 0.260 e. The zero-order valence-electron chi connectivity index (χ0n) is 17.1. The molecule has 0 atom stereocenters. The third-order valence-electron chi connectivity index (χ3n) is 5.32. The van der Waals surface area contributed by atoms with Crippen LogP contribution in [0.25, 0.3) is 0 Å². The third-order valence-corrected chi connectivity index (χ3v) is 5.32. The maximum absolute atomic E-state index is 12.6. The first-order chi connectivity index (χ1) is 15.2. The number of carbonyl (C=O) groups excluding carboxylic acids is 2. The van der Waals surface area contributed by atoms with Crippen LogP contribution in [0.1, 0.15) is 23.2 Å². The lowest BCUT2D eigenvalue weighted by molar-refractivity contribution is -0.134. The fourth-order valence-electron chi connectivity index (χ4n) is 3.60. The Labute approximate surface area is 181 Å². The van der Waals surface area contributed by atoms with E-state index in [1.807, 2.05) is 42.5 Å². The molecule has 1 fully saturated rings. The van der Waals surface area contributed by atoms with Crippen molar-refractivity contribution in [3.8, 4) is 17.4 Å². The summed E-state index contributed by atoms with van der Waals surface area (Å²) >= 11 is 0. The lowest BCUT2D eigenvalue weighted by Gasteiger charge is -2.31. The molecule has 0 saturated carbocycles. The van der Waals surface area contributed by atoms with Gasteiger partial charge < -0.3 is 14.4 Å². The number of ether oxygens (including phenoxy) is 2. The number of rotatable bonds is 7. The highest BCUT2D eigenvalue weighted by Crippen LogP contribution is 2.24. The molecule has 0 bridgehead atoms. The molecule has 6 heteroatoms. The summed E-state index contributed by atoms with van der Waals surface area (Å²) in [6.45, 7) is 1.11. The van der Waals surface area contributed by atoms with Gasteiger partial charge >= 0.3 is 0 Å². The lowest BCUT2D eigenvalue weighted by Crippen LogP contribution is -2.42. The first kappa shape index (κ1) is 20.6. The van der Waals surface area contributed by atoms with Crippen molar-refractivity contribution in [3.63, 3.8) is 0 Å². The Kier molecular flexibility index (Phi) is 6.57. The monoisotopic (exact) mass is 416 g/mol. The first-order valence-corrected chi connectivity index (χ1v) is 10.4. The second kappa shape index (κ2) is 9.89. The average molecular weight is 416 g/mol. The van der Waals surface area contributed by atoms with Crippen LogP contribution in [0.5, 0.6) is 17.4 Å². The molecule has 1 aliphatic rings. The molecule has 1 aliphatic heterocycles. The first-order valence-electron chi connectivity index (χ1n) is 10.4. The second-order valence-electron chi connectivity index (χ2n) is 7.42. The predicted molar refractivity (Wildman–Crippen MR) is 116 cm³/mol. The normalized spacial score (nSPS) is 14.1. The van der Waals surface area contributed by atoms with Crippen molar-refractivity contribution in [2.75, 3.05) is 19.7 Å². The van der Waals surface area contributed by atoms with Gasteiger partial charge in [0.25, 0.3) is 5.91 Å². The van der Waals surface area contributed by atoms with Crippen LogP contribution >= 0.6 is 0 Å². The number of amides is 1. The van der Waals surface area contributed by atoms with Crippen LogP contribution in [-0.2, 0) is 4.79 Å². The molecule has 158 valence electrons. The average Bonchev–Trinajstić information content (AvgIpc) is 2.84. The number of hydrogen-bond acceptors (Lipinski definition) is 5. The molecule has 3 aromatic rings. The molecule has 1 amide bonds. The van der Waals surface area contributed by atoms with Crippen LogP contribution in [0.3, 0.4) is 0 Å². The van der Waals surface area contributed by atoms with Crippen molar-refractivity contribution in [2.45, 2.75) is 12.8 Å². The molecule has 0 aliphatic carbocycles. The number of hydrogen-bond donors (Lipinski definition) is 0. The van der Waals surface area contributed by atoms with Gasteiger partial charge in [0.2, 0.25) is 5.88 Å². The van der Waals surface area contributed by atoms with E-state index in [1.165, 1.54) is 0 Å². The number of pyridine rings is 1. The lowest BCUT2D eigenvalue weighted by atomic mass is 9.89. The maximum Gasteiger partial charge on any atom is 0.260 e. The van der Waals surface area contributed by atoms with Crippen molar-refractivity contribution in [1.29, 1.82) is 0 Å². The van der Waals surface area contributed by atoms with Gasteiger partial charge in [-0.3, -0.25) is 9.59 Å². The zero-order chi connectivity index (χ0) is 21.5. The SMILES string of the molecule is O=C(c1ccccc1)C1CCN(C(=O)COc2ccc(Oc3ccccn3)cc2)CC1. The van der Waals surface area contributed by atoms with E-state index in [4.69, 9.17) is 9.47 Å². The summed E-state index contributed by atoms with van der Waals surface area (Å²) in [4.78, 5) is 31.0. The van der Waals surface area contributed by atoms with Crippen LogP contribution in [0.2, 0.25) is 0 Å². The van der Waals surface area contributed by atoms with Gasteiger partial charge in [0.05, 0.1) is 0 Å². The number of benzene rings is 2. The number of piperidine rings is 1. The van der Waals surface area contributed by atoms with Gasteiger partial charge in [0.15, 0.2) is 12.4 Å². The summed E-state index contributed by atoms with van der Waals surface area (Å²) in [5, 5.41) is 0. The van der Waals surface area contributed by atoms with Gasteiger partial charge in [-0.1, -0.05) is 36.4 Å². The van der Waals surface area contributed by atoms with E-state index in [2.05, 4.69) is 4.98 Å². The highest BCUT2D eigenvalue weighted by Gasteiger charge is 2.28. The molecule has 2 aromatic carbocycles. The topological polar surface area (TPSA) is 68.7 Å².